The predicted octanol–water partition coefficient (Wildman–Crippen LogP) is 1.87. The summed E-state index contributed by atoms with van der Waals surface area (Å²) in [4.78, 5) is 11.4. The third-order valence-electron chi connectivity index (χ3n) is 2.50. The van der Waals surface area contributed by atoms with Gasteiger partial charge in [-0.3, -0.25) is 4.79 Å². The van der Waals surface area contributed by atoms with E-state index in [-0.39, 0.29) is 5.97 Å². The van der Waals surface area contributed by atoms with Crippen LogP contribution in [0.15, 0.2) is 24.3 Å². The monoisotopic (exact) mass is 205 g/mol. The van der Waals surface area contributed by atoms with Crippen molar-refractivity contribution in [2.75, 3.05) is 6.54 Å². The zero-order valence-electron chi connectivity index (χ0n) is 8.66. The standard InChI is InChI=1S/C12H15NO2/c14-12-7-3-4-8-13-9-10-5-1-2-6-11(10)15-12/h1-2,5-6,13H,3-4,7-9H2. The molecule has 0 aromatic heterocycles. The predicted molar refractivity (Wildman–Crippen MR) is 57.6 cm³/mol. The molecule has 80 valence electrons. The first-order valence-electron chi connectivity index (χ1n) is 5.35. The van der Waals surface area contributed by atoms with E-state index in [4.69, 9.17) is 4.74 Å². The SMILES string of the molecule is O=C1CCCCNCc2ccccc2O1. The van der Waals surface area contributed by atoms with Gasteiger partial charge in [0.15, 0.2) is 0 Å². The smallest absolute Gasteiger partial charge is 0.311 e. The molecule has 0 radical (unpaired) electrons. The first kappa shape index (κ1) is 10.2. The van der Waals surface area contributed by atoms with Crippen LogP contribution in [0, 0.1) is 0 Å². The summed E-state index contributed by atoms with van der Waals surface area (Å²) in [6, 6.07) is 7.67. The molecule has 1 N–H and O–H groups in total. The third-order valence-corrected chi connectivity index (χ3v) is 2.50. The molecule has 0 bridgehead atoms. The molecular weight excluding hydrogens is 190 g/mol. The molecule has 0 fully saturated rings. The highest BCUT2D eigenvalue weighted by Gasteiger charge is 2.10. The number of nitrogens with one attached hydrogen (secondary N) is 1. The Balaban J connectivity index is 2.19. The molecule has 0 saturated heterocycles. The Morgan fingerprint density at radius 2 is 2.07 bits per heavy atom. The Hall–Kier alpha value is -1.35. The molecule has 0 saturated carbocycles. The fourth-order valence-corrected chi connectivity index (χ4v) is 1.67. The Morgan fingerprint density at radius 1 is 1.20 bits per heavy atom. The molecule has 0 spiro atoms. The van der Waals surface area contributed by atoms with E-state index in [1.165, 1.54) is 0 Å². The molecule has 1 aromatic rings. The highest BCUT2D eigenvalue weighted by atomic mass is 16.5. The first-order valence-corrected chi connectivity index (χ1v) is 5.35. The Kier molecular flexibility index (Phi) is 3.35. The number of rotatable bonds is 0. The molecule has 2 rings (SSSR count). The second kappa shape index (κ2) is 4.94. The molecule has 3 nitrogen and oxygen atoms in total. The normalized spacial score (nSPS) is 17.7. The van der Waals surface area contributed by atoms with E-state index in [0.29, 0.717) is 12.2 Å². The first-order chi connectivity index (χ1) is 7.36. The maximum Gasteiger partial charge on any atom is 0.311 e. The Morgan fingerprint density at radius 3 is 3.00 bits per heavy atom. The summed E-state index contributed by atoms with van der Waals surface area (Å²) >= 11 is 0. The van der Waals surface area contributed by atoms with Gasteiger partial charge in [0.05, 0.1) is 0 Å². The largest absolute Gasteiger partial charge is 0.426 e. The highest BCUT2D eigenvalue weighted by Crippen LogP contribution is 2.19. The van der Waals surface area contributed by atoms with Crippen LogP contribution in [-0.4, -0.2) is 12.5 Å². The number of ether oxygens (including phenoxy) is 1. The van der Waals surface area contributed by atoms with Crippen LogP contribution in [0.2, 0.25) is 0 Å². The summed E-state index contributed by atoms with van der Waals surface area (Å²) in [7, 11) is 0. The zero-order chi connectivity index (χ0) is 10.5. The van der Waals surface area contributed by atoms with Crippen molar-refractivity contribution in [2.45, 2.75) is 25.8 Å². The van der Waals surface area contributed by atoms with Crippen molar-refractivity contribution in [1.82, 2.24) is 5.32 Å². The van der Waals surface area contributed by atoms with Gasteiger partial charge in [0.25, 0.3) is 0 Å². The van der Waals surface area contributed by atoms with Gasteiger partial charge in [-0.15, -0.1) is 0 Å². The molecule has 15 heavy (non-hydrogen) atoms. The van der Waals surface area contributed by atoms with Gasteiger partial charge in [-0.05, 0) is 25.5 Å². The van der Waals surface area contributed by atoms with Crippen LogP contribution in [0.5, 0.6) is 5.75 Å². The molecule has 0 amide bonds. The van der Waals surface area contributed by atoms with E-state index >= 15 is 0 Å². The summed E-state index contributed by atoms with van der Waals surface area (Å²) in [5, 5.41) is 3.33. The number of benzene rings is 1. The quantitative estimate of drug-likeness (QED) is 0.519. The van der Waals surface area contributed by atoms with Crippen molar-refractivity contribution in [2.24, 2.45) is 0 Å². The van der Waals surface area contributed by atoms with Crippen LogP contribution in [0.1, 0.15) is 24.8 Å². The van der Waals surface area contributed by atoms with E-state index < -0.39 is 0 Å². The average Bonchev–Trinajstić information content (AvgIpc) is 2.25. The van der Waals surface area contributed by atoms with Crippen molar-refractivity contribution in [1.29, 1.82) is 0 Å². The minimum Gasteiger partial charge on any atom is -0.426 e. The second-order valence-electron chi connectivity index (χ2n) is 3.72. The summed E-state index contributed by atoms with van der Waals surface area (Å²) < 4.78 is 5.29. The van der Waals surface area contributed by atoms with Crippen LogP contribution in [0.3, 0.4) is 0 Å². The van der Waals surface area contributed by atoms with Crippen molar-refractivity contribution in [3.05, 3.63) is 29.8 Å². The van der Waals surface area contributed by atoms with Crippen LogP contribution in [0.25, 0.3) is 0 Å². The molecule has 1 aliphatic heterocycles. The summed E-state index contributed by atoms with van der Waals surface area (Å²) in [6.07, 6.45) is 2.43. The number of carbonyl (C=O) groups excluding carboxylic acids is 1. The number of para-hydroxylation sites is 1. The van der Waals surface area contributed by atoms with Crippen LogP contribution in [-0.2, 0) is 11.3 Å². The van der Waals surface area contributed by atoms with E-state index in [9.17, 15) is 4.79 Å². The molecule has 0 aliphatic carbocycles. The fourth-order valence-electron chi connectivity index (χ4n) is 1.67. The van der Waals surface area contributed by atoms with E-state index in [1.54, 1.807) is 0 Å². The molecule has 1 aliphatic rings. The lowest BCUT2D eigenvalue weighted by atomic mass is 10.1. The summed E-state index contributed by atoms with van der Waals surface area (Å²) in [6.45, 7) is 1.73. The molecule has 3 heteroatoms. The zero-order valence-corrected chi connectivity index (χ0v) is 8.66. The maximum atomic E-state index is 11.4. The van der Waals surface area contributed by atoms with Gasteiger partial charge in [-0.25, -0.2) is 0 Å². The third kappa shape index (κ3) is 2.80. The number of hydrogen-bond acceptors (Lipinski definition) is 3. The lowest BCUT2D eigenvalue weighted by Crippen LogP contribution is -2.19. The lowest BCUT2D eigenvalue weighted by molar-refractivity contribution is -0.134. The number of carbonyl (C=O) groups is 1. The molecule has 1 heterocycles. The minimum absolute atomic E-state index is 0.121. The van der Waals surface area contributed by atoms with Gasteiger partial charge < -0.3 is 10.1 Å². The number of fused-ring (bicyclic) bond motifs is 1. The van der Waals surface area contributed by atoms with Crippen LogP contribution < -0.4 is 10.1 Å². The molecule has 0 atom stereocenters. The van der Waals surface area contributed by atoms with Crippen molar-refractivity contribution < 1.29 is 9.53 Å². The molecule has 0 unspecified atom stereocenters. The van der Waals surface area contributed by atoms with Gasteiger partial charge in [0.2, 0.25) is 0 Å². The van der Waals surface area contributed by atoms with Crippen molar-refractivity contribution >= 4 is 5.97 Å². The highest BCUT2D eigenvalue weighted by molar-refractivity contribution is 5.72. The Labute approximate surface area is 89.4 Å². The fraction of sp³-hybridized carbons (Fsp3) is 0.417. The Bertz CT molecular complexity index is 349. The molecular formula is C12H15NO2. The number of hydrogen-bond donors (Lipinski definition) is 1. The minimum atomic E-state index is -0.121. The number of esters is 1. The van der Waals surface area contributed by atoms with Gasteiger partial charge in [0.1, 0.15) is 5.75 Å². The van der Waals surface area contributed by atoms with Crippen LogP contribution >= 0.6 is 0 Å². The van der Waals surface area contributed by atoms with Crippen molar-refractivity contribution in [3.8, 4) is 5.75 Å². The topological polar surface area (TPSA) is 38.3 Å². The van der Waals surface area contributed by atoms with Gasteiger partial charge in [-0.2, -0.15) is 0 Å². The van der Waals surface area contributed by atoms with Gasteiger partial charge in [0, 0.05) is 18.5 Å². The van der Waals surface area contributed by atoms with Crippen LogP contribution in [0.4, 0.5) is 0 Å². The van der Waals surface area contributed by atoms with E-state index in [0.717, 1.165) is 31.5 Å². The van der Waals surface area contributed by atoms with Gasteiger partial charge >= 0.3 is 5.97 Å². The second-order valence-corrected chi connectivity index (χ2v) is 3.72. The average molecular weight is 205 g/mol. The molecule has 1 aromatic carbocycles. The maximum absolute atomic E-state index is 11.4. The summed E-state index contributed by atoms with van der Waals surface area (Å²) in [5.74, 6) is 0.571. The van der Waals surface area contributed by atoms with E-state index in [2.05, 4.69) is 5.32 Å². The van der Waals surface area contributed by atoms with E-state index in [1.807, 2.05) is 24.3 Å². The lowest BCUT2D eigenvalue weighted by Gasteiger charge is -2.13. The van der Waals surface area contributed by atoms with Gasteiger partial charge in [-0.1, -0.05) is 18.2 Å². The van der Waals surface area contributed by atoms with Crippen molar-refractivity contribution in [3.63, 3.8) is 0 Å². The summed E-state index contributed by atoms with van der Waals surface area (Å²) in [5.41, 5.74) is 1.05.